The summed E-state index contributed by atoms with van der Waals surface area (Å²) in [5, 5.41) is 25.5. The Balaban J connectivity index is 1.98. The van der Waals surface area contributed by atoms with Crippen LogP contribution in [0.1, 0.15) is 20.8 Å². The van der Waals surface area contributed by atoms with Gasteiger partial charge in [0.1, 0.15) is 6.33 Å². The van der Waals surface area contributed by atoms with Crippen molar-refractivity contribution in [3.8, 4) is 0 Å². The number of aromatic nitrogens is 3. The summed E-state index contributed by atoms with van der Waals surface area (Å²) in [5.74, 6) is 0.204. The molecule has 1 aliphatic heterocycles. The number of carbonyl (C=O) groups excluding carboxylic acids is 1. The maximum Gasteiger partial charge on any atom is 0.324 e. The normalized spacial score (nSPS) is 23.7. The fourth-order valence-electron chi connectivity index (χ4n) is 1.75. The minimum atomic E-state index is -0.897. The zero-order chi connectivity index (χ0) is 14.2. The number of aliphatic hydroxyl groups excluding tert-OH is 2. The first-order chi connectivity index (χ1) is 8.77. The van der Waals surface area contributed by atoms with E-state index < -0.39 is 18.2 Å². The minimum Gasteiger partial charge on any atom is -0.388 e. The molecule has 1 saturated heterocycles. The topological polar surface area (TPSA) is 104 Å². The van der Waals surface area contributed by atoms with Crippen LogP contribution in [0.2, 0.25) is 0 Å². The van der Waals surface area contributed by atoms with Crippen LogP contribution in [-0.4, -0.2) is 61.2 Å². The van der Waals surface area contributed by atoms with Crippen molar-refractivity contribution in [1.82, 2.24) is 19.7 Å². The zero-order valence-corrected chi connectivity index (χ0v) is 11.2. The molecule has 2 rings (SSSR count). The van der Waals surface area contributed by atoms with Crippen LogP contribution in [0.5, 0.6) is 0 Å². The molecule has 2 amide bonds. The van der Waals surface area contributed by atoms with Gasteiger partial charge in [-0.2, -0.15) is 0 Å². The van der Waals surface area contributed by atoms with Crippen molar-refractivity contribution in [3.05, 3.63) is 6.33 Å². The SMILES string of the molecule is CC(C)(C)n1cnc(NC(=O)N2CC(O)C(O)C2)n1. The van der Waals surface area contributed by atoms with E-state index in [1.54, 1.807) is 11.0 Å². The zero-order valence-electron chi connectivity index (χ0n) is 11.2. The number of urea groups is 1. The van der Waals surface area contributed by atoms with E-state index in [9.17, 15) is 15.0 Å². The Kier molecular flexibility index (Phi) is 3.46. The molecular weight excluding hydrogens is 250 g/mol. The first-order valence-electron chi connectivity index (χ1n) is 6.11. The van der Waals surface area contributed by atoms with Crippen molar-refractivity contribution < 1.29 is 15.0 Å². The van der Waals surface area contributed by atoms with Crippen LogP contribution in [-0.2, 0) is 5.54 Å². The van der Waals surface area contributed by atoms with Gasteiger partial charge in [0, 0.05) is 0 Å². The number of β-amino-alcohol motifs (C(OH)–C–C–N with tert-alkyl or cyclic N) is 2. The fraction of sp³-hybridized carbons (Fsp3) is 0.727. The van der Waals surface area contributed by atoms with Gasteiger partial charge in [0.2, 0.25) is 5.95 Å². The fourth-order valence-corrected chi connectivity index (χ4v) is 1.75. The Bertz CT molecular complexity index is 457. The second-order valence-corrected chi connectivity index (χ2v) is 5.65. The molecule has 0 radical (unpaired) electrons. The first-order valence-corrected chi connectivity index (χ1v) is 6.11. The predicted octanol–water partition coefficient (Wildman–Crippen LogP) is -0.398. The molecule has 8 heteroatoms. The van der Waals surface area contributed by atoms with E-state index in [0.29, 0.717) is 0 Å². The number of aliphatic hydroxyl groups is 2. The van der Waals surface area contributed by atoms with Gasteiger partial charge in [0.25, 0.3) is 0 Å². The van der Waals surface area contributed by atoms with Gasteiger partial charge in [-0.1, -0.05) is 0 Å². The molecular formula is C11H19N5O3. The van der Waals surface area contributed by atoms with Crippen LogP contribution in [0, 0.1) is 0 Å². The van der Waals surface area contributed by atoms with Crippen molar-refractivity contribution >= 4 is 12.0 Å². The highest BCUT2D eigenvalue weighted by Crippen LogP contribution is 2.14. The molecule has 106 valence electrons. The number of hydrogen-bond acceptors (Lipinski definition) is 5. The first kappa shape index (κ1) is 13.8. The summed E-state index contributed by atoms with van der Waals surface area (Å²) in [5.41, 5.74) is -0.212. The van der Waals surface area contributed by atoms with Gasteiger partial charge in [0.05, 0.1) is 30.8 Å². The average Bonchev–Trinajstić information content (AvgIpc) is 2.86. The molecule has 0 spiro atoms. The number of anilines is 1. The third-order valence-corrected chi connectivity index (χ3v) is 2.94. The highest BCUT2D eigenvalue weighted by atomic mass is 16.3. The average molecular weight is 269 g/mol. The number of carbonyl (C=O) groups is 1. The van der Waals surface area contributed by atoms with Gasteiger partial charge >= 0.3 is 6.03 Å². The Morgan fingerprint density at radius 1 is 1.37 bits per heavy atom. The highest BCUT2D eigenvalue weighted by molar-refractivity contribution is 5.87. The number of nitrogens with one attached hydrogen (secondary N) is 1. The third-order valence-electron chi connectivity index (χ3n) is 2.94. The molecule has 2 heterocycles. The van der Waals surface area contributed by atoms with Gasteiger partial charge in [-0.25, -0.2) is 14.5 Å². The van der Waals surface area contributed by atoms with Gasteiger partial charge in [0.15, 0.2) is 0 Å². The number of rotatable bonds is 1. The smallest absolute Gasteiger partial charge is 0.324 e. The van der Waals surface area contributed by atoms with E-state index in [1.165, 1.54) is 4.90 Å². The minimum absolute atomic E-state index is 0.104. The number of nitrogens with zero attached hydrogens (tertiary/aromatic N) is 4. The third kappa shape index (κ3) is 3.02. The summed E-state index contributed by atoms with van der Waals surface area (Å²) in [6.45, 7) is 6.13. The standard InChI is InChI=1S/C11H19N5O3/c1-11(2,3)16-6-12-9(14-16)13-10(19)15-4-7(17)8(18)5-15/h6-8,17-18H,4-5H2,1-3H3,(H,13,14,19). The van der Waals surface area contributed by atoms with Crippen LogP contribution < -0.4 is 5.32 Å². The second-order valence-electron chi connectivity index (χ2n) is 5.65. The van der Waals surface area contributed by atoms with E-state index in [2.05, 4.69) is 15.4 Å². The van der Waals surface area contributed by atoms with Crippen LogP contribution in [0.3, 0.4) is 0 Å². The quantitative estimate of drug-likeness (QED) is 0.644. The lowest BCUT2D eigenvalue weighted by molar-refractivity contribution is 0.0572. The maximum absolute atomic E-state index is 11.9. The number of amides is 2. The lowest BCUT2D eigenvalue weighted by Gasteiger charge is -2.18. The predicted molar refractivity (Wildman–Crippen MR) is 67.6 cm³/mol. The molecule has 1 aliphatic rings. The van der Waals surface area contributed by atoms with Crippen LogP contribution in [0.15, 0.2) is 6.33 Å². The Morgan fingerprint density at radius 2 is 1.95 bits per heavy atom. The Morgan fingerprint density at radius 3 is 2.42 bits per heavy atom. The van der Waals surface area contributed by atoms with E-state index in [-0.39, 0.29) is 24.6 Å². The molecule has 0 aromatic carbocycles. The molecule has 0 aliphatic carbocycles. The van der Waals surface area contributed by atoms with E-state index in [0.717, 1.165) is 0 Å². The molecule has 0 saturated carbocycles. The van der Waals surface area contributed by atoms with Crippen molar-refractivity contribution in [3.63, 3.8) is 0 Å². The maximum atomic E-state index is 11.9. The monoisotopic (exact) mass is 269 g/mol. The van der Waals surface area contributed by atoms with E-state index >= 15 is 0 Å². The van der Waals surface area contributed by atoms with Crippen molar-refractivity contribution in [2.75, 3.05) is 18.4 Å². The molecule has 0 bridgehead atoms. The van der Waals surface area contributed by atoms with Crippen LogP contribution in [0.4, 0.5) is 10.7 Å². The summed E-state index contributed by atoms with van der Waals surface area (Å²) < 4.78 is 1.65. The van der Waals surface area contributed by atoms with Crippen molar-refractivity contribution in [2.24, 2.45) is 0 Å². The Hall–Kier alpha value is -1.67. The van der Waals surface area contributed by atoms with Gasteiger partial charge in [-0.05, 0) is 20.8 Å². The summed E-state index contributed by atoms with van der Waals surface area (Å²) in [4.78, 5) is 17.2. The second kappa shape index (κ2) is 4.78. The van der Waals surface area contributed by atoms with Crippen LogP contribution >= 0.6 is 0 Å². The summed E-state index contributed by atoms with van der Waals surface area (Å²) in [6.07, 6.45) is -0.250. The number of hydrogen-bond donors (Lipinski definition) is 3. The van der Waals surface area contributed by atoms with Crippen LogP contribution in [0.25, 0.3) is 0 Å². The van der Waals surface area contributed by atoms with Gasteiger partial charge in [-0.15, -0.1) is 5.10 Å². The molecule has 1 aromatic heterocycles. The lowest BCUT2D eigenvalue weighted by atomic mass is 10.1. The molecule has 2 atom stereocenters. The summed E-state index contributed by atoms with van der Waals surface area (Å²) in [6, 6.07) is -0.428. The summed E-state index contributed by atoms with van der Waals surface area (Å²) in [7, 11) is 0. The van der Waals surface area contributed by atoms with Gasteiger partial charge < -0.3 is 15.1 Å². The summed E-state index contributed by atoms with van der Waals surface area (Å²) >= 11 is 0. The van der Waals surface area contributed by atoms with E-state index in [4.69, 9.17) is 0 Å². The molecule has 1 fully saturated rings. The van der Waals surface area contributed by atoms with Gasteiger partial charge in [-0.3, -0.25) is 5.32 Å². The highest BCUT2D eigenvalue weighted by Gasteiger charge is 2.33. The number of likely N-dealkylation sites (tertiary alicyclic amines) is 1. The van der Waals surface area contributed by atoms with Crippen molar-refractivity contribution in [1.29, 1.82) is 0 Å². The Labute approximate surface area is 111 Å². The molecule has 3 N–H and O–H groups in total. The molecule has 2 unspecified atom stereocenters. The molecule has 1 aromatic rings. The lowest BCUT2D eigenvalue weighted by Crippen LogP contribution is -2.34. The molecule has 8 nitrogen and oxygen atoms in total. The molecule has 19 heavy (non-hydrogen) atoms. The van der Waals surface area contributed by atoms with Crippen molar-refractivity contribution in [2.45, 2.75) is 38.5 Å². The van der Waals surface area contributed by atoms with E-state index in [1.807, 2.05) is 20.8 Å². The largest absolute Gasteiger partial charge is 0.388 e.